The van der Waals surface area contributed by atoms with E-state index in [-0.39, 0.29) is 38.2 Å². The molecule has 2 aromatic carbocycles. The van der Waals surface area contributed by atoms with Gasteiger partial charge in [-0.3, -0.25) is 0 Å². The van der Waals surface area contributed by atoms with Crippen molar-refractivity contribution in [1.82, 2.24) is 5.32 Å². The molecule has 1 aliphatic rings. The van der Waals surface area contributed by atoms with Crippen LogP contribution in [-0.4, -0.2) is 31.2 Å². The maximum absolute atomic E-state index is 8.90. The van der Waals surface area contributed by atoms with Crippen LogP contribution in [0.25, 0.3) is 6.08 Å². The zero-order valence-corrected chi connectivity index (χ0v) is 18.4. The molecule has 0 saturated heterocycles. The second-order valence-electron chi connectivity index (χ2n) is 6.63. The summed E-state index contributed by atoms with van der Waals surface area (Å²) in [5.41, 5.74) is 6.49. The molecule has 4 nitrogen and oxygen atoms in total. The zero-order valence-electron chi connectivity index (χ0n) is 15.6. The van der Waals surface area contributed by atoms with Gasteiger partial charge in [-0.05, 0) is 66.3 Å². The maximum atomic E-state index is 8.90. The molecule has 4 N–H and O–H groups in total. The number of benzene rings is 2. The van der Waals surface area contributed by atoms with Gasteiger partial charge in [0, 0.05) is 58.5 Å². The summed E-state index contributed by atoms with van der Waals surface area (Å²) in [4.78, 5) is 2.12. The number of fused-ring (bicyclic) bond motifs is 1. The number of aryl methyl sites for hydroxylation is 1. The predicted octanol–water partition coefficient (Wildman–Crippen LogP) is 3.27. The van der Waals surface area contributed by atoms with E-state index in [1.165, 1.54) is 22.4 Å². The minimum absolute atomic E-state index is 0. The molecule has 0 spiro atoms. The molecule has 1 atom stereocenters. The Morgan fingerprint density at radius 2 is 1.88 bits per heavy atom. The van der Waals surface area contributed by atoms with E-state index in [1.807, 2.05) is 0 Å². The van der Waals surface area contributed by atoms with E-state index in [2.05, 4.69) is 66.8 Å². The Kier molecular flexibility index (Phi) is 9.52. The first kappa shape index (κ1) is 22.8. The number of aliphatic hydroxyl groups excluding tert-OH is 1. The molecule has 137 valence electrons. The fraction of sp³-hybridized carbons (Fsp3) is 0.333. The molecule has 0 saturated carbocycles. The molecule has 26 heavy (non-hydrogen) atoms. The van der Waals surface area contributed by atoms with Crippen molar-refractivity contribution >= 4 is 11.8 Å². The summed E-state index contributed by atoms with van der Waals surface area (Å²) in [6.45, 7) is 0.990. The number of hydrogen-bond acceptors (Lipinski definition) is 3. The Hall–Kier alpha value is -1.20. The van der Waals surface area contributed by atoms with Crippen LogP contribution in [0, 0.1) is 0 Å². The first-order valence-corrected chi connectivity index (χ1v) is 8.60. The topological polar surface area (TPSA) is 67.0 Å². The second-order valence-corrected chi connectivity index (χ2v) is 6.63. The molecule has 3 rings (SSSR count). The Bertz CT molecular complexity index is 714. The van der Waals surface area contributed by atoms with E-state index < -0.39 is 0 Å². The van der Waals surface area contributed by atoms with Gasteiger partial charge in [-0.15, -0.1) is 0 Å². The molecular weight excluding hydrogens is 401 g/mol. The molecule has 0 heterocycles. The van der Waals surface area contributed by atoms with E-state index in [1.54, 1.807) is 6.08 Å². The average Bonchev–Trinajstić information content (AvgIpc) is 2.98. The van der Waals surface area contributed by atoms with Gasteiger partial charge >= 0.3 is 0 Å². The van der Waals surface area contributed by atoms with E-state index in [0.717, 1.165) is 37.6 Å². The summed E-state index contributed by atoms with van der Waals surface area (Å²) in [7, 11) is 4.13. The number of aliphatic hydroxyl groups is 1. The number of rotatable bonds is 6. The summed E-state index contributed by atoms with van der Waals surface area (Å²) >= 11 is 0. The summed E-state index contributed by atoms with van der Waals surface area (Å²) < 4.78 is 0. The Labute approximate surface area is 181 Å². The molecule has 0 amide bonds. The fourth-order valence-electron chi connectivity index (χ4n) is 3.39. The molecule has 1 unspecified atom stereocenters. The van der Waals surface area contributed by atoms with Crippen molar-refractivity contribution < 1.29 is 43.3 Å². The van der Waals surface area contributed by atoms with E-state index in [4.69, 9.17) is 5.11 Å². The van der Waals surface area contributed by atoms with Crippen molar-refractivity contribution in [2.24, 2.45) is 0 Å². The third-order valence-corrected chi connectivity index (χ3v) is 4.77. The molecule has 1 aliphatic carbocycles. The van der Waals surface area contributed by atoms with Crippen LogP contribution < -0.4 is 10.2 Å². The summed E-state index contributed by atoms with van der Waals surface area (Å²) in [5, 5.41) is 12.6. The molecule has 5 heteroatoms. The number of anilines is 1. The van der Waals surface area contributed by atoms with Crippen molar-refractivity contribution in [3.05, 3.63) is 71.0 Å². The van der Waals surface area contributed by atoms with Gasteiger partial charge in [-0.1, -0.05) is 30.3 Å². The largest absolute Gasteiger partial charge is 0.516 e. The van der Waals surface area contributed by atoms with E-state index in [0.29, 0.717) is 6.04 Å². The first-order chi connectivity index (χ1) is 11.7. The maximum Gasteiger partial charge on any atom is 0.0797 e. The van der Waals surface area contributed by atoms with E-state index >= 15 is 0 Å². The van der Waals surface area contributed by atoms with Crippen molar-refractivity contribution in [3.63, 3.8) is 0 Å². The molecule has 2 aromatic rings. The van der Waals surface area contributed by atoms with Crippen LogP contribution in [-0.2, 0) is 45.6 Å². The standard InChI is InChI=1S/C21H26N2O.H2O.Y/c1-23(2)19-7-3-16(4-8-19)11-13-22-21-10-6-18-15-17(12-14-24)5-9-20(18)21;;/h3-5,7-9,12,14-15,21-22,24H,6,10-11,13H2,1-2H3;1H2;/b14-12+;;. The summed E-state index contributed by atoms with van der Waals surface area (Å²) in [6.07, 6.45) is 6.15. The van der Waals surface area contributed by atoms with Gasteiger partial charge < -0.3 is 20.8 Å². The monoisotopic (exact) mass is 429 g/mol. The third-order valence-electron chi connectivity index (χ3n) is 4.77. The Morgan fingerprint density at radius 1 is 1.15 bits per heavy atom. The van der Waals surface area contributed by atoms with Gasteiger partial charge in [0.25, 0.3) is 0 Å². The first-order valence-electron chi connectivity index (χ1n) is 8.60. The normalized spacial score (nSPS) is 15.2. The molecule has 0 aromatic heterocycles. The van der Waals surface area contributed by atoms with Crippen LogP contribution in [0.2, 0.25) is 0 Å². The van der Waals surface area contributed by atoms with Gasteiger partial charge in [-0.25, -0.2) is 0 Å². The van der Waals surface area contributed by atoms with Crippen LogP contribution in [0.3, 0.4) is 0 Å². The minimum Gasteiger partial charge on any atom is -0.516 e. The fourth-order valence-corrected chi connectivity index (χ4v) is 3.39. The van der Waals surface area contributed by atoms with Crippen molar-refractivity contribution in [1.29, 1.82) is 0 Å². The Balaban J connectivity index is 0.00000169. The number of hydrogen-bond donors (Lipinski definition) is 2. The smallest absolute Gasteiger partial charge is 0.0797 e. The molecule has 0 fully saturated rings. The van der Waals surface area contributed by atoms with Gasteiger partial charge in [0.1, 0.15) is 0 Å². The summed E-state index contributed by atoms with van der Waals surface area (Å²) in [5.74, 6) is 0. The quantitative estimate of drug-likeness (QED) is 0.693. The predicted molar refractivity (Wildman–Crippen MR) is 105 cm³/mol. The van der Waals surface area contributed by atoms with Crippen LogP contribution in [0.1, 0.15) is 34.7 Å². The summed E-state index contributed by atoms with van der Waals surface area (Å²) in [6, 6.07) is 15.7. The van der Waals surface area contributed by atoms with E-state index in [9.17, 15) is 0 Å². The molecule has 0 bridgehead atoms. The molecule has 1 radical (unpaired) electrons. The van der Waals surface area contributed by atoms with Gasteiger partial charge in [0.05, 0.1) is 6.26 Å². The Morgan fingerprint density at radius 3 is 2.54 bits per heavy atom. The third kappa shape index (κ3) is 5.65. The van der Waals surface area contributed by atoms with Crippen molar-refractivity contribution in [2.75, 3.05) is 25.5 Å². The minimum atomic E-state index is 0. The van der Waals surface area contributed by atoms with Crippen LogP contribution in [0.4, 0.5) is 5.69 Å². The number of nitrogens with one attached hydrogen (secondary N) is 1. The van der Waals surface area contributed by atoms with Crippen LogP contribution >= 0.6 is 0 Å². The van der Waals surface area contributed by atoms with Crippen LogP contribution in [0.5, 0.6) is 0 Å². The average molecular weight is 429 g/mol. The van der Waals surface area contributed by atoms with Gasteiger partial charge in [-0.2, -0.15) is 0 Å². The van der Waals surface area contributed by atoms with Crippen molar-refractivity contribution in [2.45, 2.75) is 25.3 Å². The molecule has 0 aliphatic heterocycles. The van der Waals surface area contributed by atoms with Crippen LogP contribution in [0.15, 0.2) is 48.7 Å². The van der Waals surface area contributed by atoms with Crippen molar-refractivity contribution in [3.8, 4) is 0 Å². The second kappa shape index (κ2) is 10.8. The zero-order chi connectivity index (χ0) is 16.9. The van der Waals surface area contributed by atoms with Gasteiger partial charge in [0.2, 0.25) is 0 Å². The SMILES string of the molecule is CN(C)c1ccc(CCNC2CCc3cc(/C=C/O)ccc32)cc1.O.[Y]. The van der Waals surface area contributed by atoms with Gasteiger partial charge in [0.15, 0.2) is 0 Å². The molecular formula is C21H28N2O2Y. The number of nitrogens with zero attached hydrogens (tertiary/aromatic N) is 1.